The standard InChI is InChI=1S/C17H21FN4OS/c1-11-9-12(5-6-19-11)16(23)21-14-10-13(18)3-4-15(14)24-17-20-7-8-22(17)2/h3-4,7-8,10-12,19H,5-6,9H2,1-2H3,(H,21,23)/t11-,12-/m0/s1. The Labute approximate surface area is 145 Å². The van der Waals surface area contributed by atoms with Crippen LogP contribution < -0.4 is 10.6 Å². The predicted molar refractivity (Wildman–Crippen MR) is 92.5 cm³/mol. The molecule has 0 aliphatic carbocycles. The molecule has 1 aliphatic heterocycles. The van der Waals surface area contributed by atoms with Gasteiger partial charge in [0.05, 0.1) is 5.69 Å². The first-order valence-corrected chi connectivity index (χ1v) is 8.83. The van der Waals surface area contributed by atoms with E-state index >= 15 is 0 Å². The van der Waals surface area contributed by atoms with E-state index < -0.39 is 0 Å². The number of aryl methyl sites for hydroxylation is 1. The molecule has 2 aromatic rings. The van der Waals surface area contributed by atoms with Crippen molar-refractivity contribution in [3.8, 4) is 0 Å². The van der Waals surface area contributed by atoms with Crippen LogP contribution >= 0.6 is 11.8 Å². The van der Waals surface area contributed by atoms with Crippen LogP contribution in [0.3, 0.4) is 0 Å². The zero-order valence-corrected chi connectivity index (χ0v) is 14.6. The van der Waals surface area contributed by atoms with Crippen molar-refractivity contribution in [1.82, 2.24) is 14.9 Å². The largest absolute Gasteiger partial charge is 0.329 e. The average Bonchev–Trinajstić information content (AvgIpc) is 2.95. The summed E-state index contributed by atoms with van der Waals surface area (Å²) in [4.78, 5) is 17.6. The number of nitrogens with one attached hydrogen (secondary N) is 2. The van der Waals surface area contributed by atoms with Crippen molar-refractivity contribution in [2.24, 2.45) is 13.0 Å². The number of rotatable bonds is 4. The second kappa shape index (κ2) is 7.36. The molecular weight excluding hydrogens is 327 g/mol. The fraction of sp³-hybridized carbons (Fsp3) is 0.412. The molecule has 2 atom stereocenters. The molecule has 3 rings (SSSR count). The van der Waals surface area contributed by atoms with Gasteiger partial charge in [-0.3, -0.25) is 4.79 Å². The van der Waals surface area contributed by atoms with Gasteiger partial charge in [-0.25, -0.2) is 9.37 Å². The summed E-state index contributed by atoms with van der Waals surface area (Å²) in [7, 11) is 1.90. The molecule has 0 radical (unpaired) electrons. The Morgan fingerprint density at radius 2 is 2.33 bits per heavy atom. The molecule has 24 heavy (non-hydrogen) atoms. The lowest BCUT2D eigenvalue weighted by molar-refractivity contribution is -0.120. The zero-order valence-electron chi connectivity index (χ0n) is 13.8. The molecular formula is C17H21FN4OS. The van der Waals surface area contributed by atoms with Crippen LogP contribution in [0.25, 0.3) is 0 Å². The van der Waals surface area contributed by atoms with Crippen molar-refractivity contribution < 1.29 is 9.18 Å². The molecule has 1 fully saturated rings. The molecule has 1 saturated heterocycles. The molecule has 7 heteroatoms. The molecule has 2 N–H and O–H groups in total. The van der Waals surface area contributed by atoms with E-state index in [1.807, 2.05) is 17.8 Å². The SMILES string of the molecule is C[C@H]1C[C@@H](C(=O)Nc2cc(F)ccc2Sc2nccn2C)CCN1. The second-order valence-electron chi connectivity index (χ2n) is 6.13. The lowest BCUT2D eigenvalue weighted by Gasteiger charge is -2.27. The monoisotopic (exact) mass is 348 g/mol. The highest BCUT2D eigenvalue weighted by Crippen LogP contribution is 2.33. The molecule has 2 heterocycles. The van der Waals surface area contributed by atoms with Crippen LogP contribution in [0.15, 0.2) is 40.6 Å². The van der Waals surface area contributed by atoms with Crippen molar-refractivity contribution >= 4 is 23.4 Å². The maximum absolute atomic E-state index is 13.7. The Morgan fingerprint density at radius 1 is 1.50 bits per heavy atom. The molecule has 1 aliphatic rings. The summed E-state index contributed by atoms with van der Waals surface area (Å²) in [6.07, 6.45) is 5.15. The number of carbonyl (C=O) groups excluding carboxylic acids is 1. The van der Waals surface area contributed by atoms with Gasteiger partial charge in [0.15, 0.2) is 5.16 Å². The van der Waals surface area contributed by atoms with Gasteiger partial charge in [-0.15, -0.1) is 0 Å². The van der Waals surface area contributed by atoms with Gasteiger partial charge in [0.1, 0.15) is 5.82 Å². The number of hydrogen-bond donors (Lipinski definition) is 2. The van der Waals surface area contributed by atoms with Gasteiger partial charge in [-0.1, -0.05) is 0 Å². The quantitative estimate of drug-likeness (QED) is 0.892. The Bertz CT molecular complexity index is 733. The first-order chi connectivity index (χ1) is 11.5. The van der Waals surface area contributed by atoms with Crippen LogP contribution in [-0.2, 0) is 11.8 Å². The fourth-order valence-corrected chi connectivity index (χ4v) is 3.71. The number of anilines is 1. The summed E-state index contributed by atoms with van der Waals surface area (Å²) in [5.74, 6) is -0.459. The summed E-state index contributed by atoms with van der Waals surface area (Å²) in [6.45, 7) is 2.90. The van der Waals surface area contributed by atoms with E-state index in [-0.39, 0.29) is 17.6 Å². The van der Waals surface area contributed by atoms with Crippen LogP contribution in [-0.4, -0.2) is 28.0 Å². The van der Waals surface area contributed by atoms with Crippen LogP contribution in [0.5, 0.6) is 0 Å². The van der Waals surface area contributed by atoms with E-state index in [1.54, 1.807) is 12.3 Å². The maximum Gasteiger partial charge on any atom is 0.227 e. The lowest BCUT2D eigenvalue weighted by atomic mass is 9.92. The van der Waals surface area contributed by atoms with Crippen molar-refractivity contribution in [1.29, 1.82) is 0 Å². The third-order valence-electron chi connectivity index (χ3n) is 4.17. The Hall–Kier alpha value is -1.86. The van der Waals surface area contributed by atoms with Gasteiger partial charge in [0, 0.05) is 36.3 Å². The van der Waals surface area contributed by atoms with E-state index in [9.17, 15) is 9.18 Å². The zero-order chi connectivity index (χ0) is 17.1. The number of hydrogen-bond acceptors (Lipinski definition) is 4. The summed E-state index contributed by atoms with van der Waals surface area (Å²) in [5.41, 5.74) is 0.499. The Balaban J connectivity index is 1.78. The number of piperidine rings is 1. The van der Waals surface area contributed by atoms with Crippen molar-refractivity contribution in [2.45, 2.75) is 35.9 Å². The van der Waals surface area contributed by atoms with Crippen molar-refractivity contribution in [3.63, 3.8) is 0 Å². The Morgan fingerprint density at radius 3 is 3.04 bits per heavy atom. The van der Waals surface area contributed by atoms with Crippen LogP contribution in [0.1, 0.15) is 19.8 Å². The fourth-order valence-electron chi connectivity index (χ4n) is 2.84. The molecule has 1 aromatic carbocycles. The van der Waals surface area contributed by atoms with Gasteiger partial charge < -0.3 is 15.2 Å². The van der Waals surface area contributed by atoms with Gasteiger partial charge in [-0.05, 0) is 56.3 Å². The number of halogens is 1. The van der Waals surface area contributed by atoms with E-state index in [4.69, 9.17) is 0 Å². The highest BCUT2D eigenvalue weighted by molar-refractivity contribution is 7.99. The van der Waals surface area contributed by atoms with Gasteiger partial charge >= 0.3 is 0 Å². The van der Waals surface area contributed by atoms with Crippen LogP contribution in [0.2, 0.25) is 0 Å². The summed E-state index contributed by atoms with van der Waals surface area (Å²) >= 11 is 1.40. The van der Waals surface area contributed by atoms with Gasteiger partial charge in [-0.2, -0.15) is 0 Å². The van der Waals surface area contributed by atoms with Gasteiger partial charge in [0.2, 0.25) is 5.91 Å². The molecule has 5 nitrogen and oxygen atoms in total. The minimum Gasteiger partial charge on any atom is -0.329 e. The minimum absolute atomic E-state index is 0.0457. The van der Waals surface area contributed by atoms with E-state index in [1.165, 1.54) is 23.9 Å². The van der Waals surface area contributed by atoms with E-state index in [0.717, 1.165) is 29.4 Å². The second-order valence-corrected chi connectivity index (χ2v) is 7.14. The van der Waals surface area contributed by atoms with Gasteiger partial charge in [0.25, 0.3) is 0 Å². The molecule has 0 bridgehead atoms. The summed E-state index contributed by atoms with van der Waals surface area (Å²) in [6, 6.07) is 4.76. The minimum atomic E-state index is -0.367. The third-order valence-corrected chi connectivity index (χ3v) is 5.32. The number of imidazole rings is 1. The smallest absolute Gasteiger partial charge is 0.227 e. The lowest BCUT2D eigenvalue weighted by Crippen LogP contribution is -2.40. The van der Waals surface area contributed by atoms with Crippen LogP contribution in [0, 0.1) is 11.7 Å². The highest BCUT2D eigenvalue weighted by Gasteiger charge is 2.25. The maximum atomic E-state index is 13.7. The summed E-state index contributed by atoms with van der Waals surface area (Å²) in [5, 5.41) is 7.03. The topological polar surface area (TPSA) is 59.0 Å². The third kappa shape index (κ3) is 3.96. The predicted octanol–water partition coefficient (Wildman–Crippen LogP) is 3.04. The number of nitrogens with zero attached hydrogens (tertiary/aromatic N) is 2. The number of carbonyl (C=O) groups is 1. The number of aromatic nitrogens is 2. The van der Waals surface area contributed by atoms with Crippen molar-refractivity contribution in [2.75, 3.05) is 11.9 Å². The number of benzene rings is 1. The molecule has 1 amide bonds. The Kier molecular flexibility index (Phi) is 5.20. The number of amides is 1. The molecule has 0 spiro atoms. The highest BCUT2D eigenvalue weighted by atomic mass is 32.2. The molecule has 128 valence electrons. The first-order valence-electron chi connectivity index (χ1n) is 8.02. The van der Waals surface area contributed by atoms with E-state index in [2.05, 4.69) is 22.5 Å². The average molecular weight is 348 g/mol. The van der Waals surface area contributed by atoms with Crippen LogP contribution in [0.4, 0.5) is 10.1 Å². The van der Waals surface area contributed by atoms with E-state index in [0.29, 0.717) is 11.7 Å². The van der Waals surface area contributed by atoms with Crippen molar-refractivity contribution in [3.05, 3.63) is 36.4 Å². The summed E-state index contributed by atoms with van der Waals surface area (Å²) < 4.78 is 15.6. The molecule has 0 unspecified atom stereocenters. The molecule has 1 aromatic heterocycles. The molecule has 0 saturated carbocycles. The first kappa shape index (κ1) is 17.0. The normalized spacial score (nSPS) is 20.8.